The molecule has 2 heteroatoms. The third kappa shape index (κ3) is 15.2. The lowest BCUT2D eigenvalue weighted by Crippen LogP contribution is -2.39. The van der Waals surface area contributed by atoms with Gasteiger partial charge in [0, 0.05) is 25.5 Å². The average Bonchev–Trinajstić information content (AvgIpc) is 3.17. The maximum Gasteiger partial charge on any atom is 0.101 e. The Kier molecular flexibility index (Phi) is 20.3. The van der Waals surface area contributed by atoms with Crippen LogP contribution >= 0.6 is 0 Å². The standard InChI is InChI=1S/C30H60N2/c1-4-7-9-10-11-12-13-14-15-16-17-18-19-20-21-22-23-25-30-31(26-6-3)28-29-32(30)27-24-8-5-2/h28-30H,4-27H2,1-3H3. The number of hydrogen-bond donors (Lipinski definition) is 0. The number of rotatable bonds is 24. The lowest BCUT2D eigenvalue weighted by Gasteiger charge is -2.33. The van der Waals surface area contributed by atoms with Crippen LogP contribution in [-0.4, -0.2) is 29.1 Å². The van der Waals surface area contributed by atoms with Crippen LogP contribution in [0.2, 0.25) is 0 Å². The van der Waals surface area contributed by atoms with E-state index in [9.17, 15) is 0 Å². The highest BCUT2D eigenvalue weighted by Crippen LogP contribution is 2.23. The Morgan fingerprint density at radius 3 is 1.22 bits per heavy atom. The molecule has 32 heavy (non-hydrogen) atoms. The van der Waals surface area contributed by atoms with Crippen LogP contribution in [0.5, 0.6) is 0 Å². The molecule has 1 unspecified atom stereocenters. The zero-order valence-corrected chi connectivity index (χ0v) is 22.6. The molecule has 0 saturated carbocycles. The van der Waals surface area contributed by atoms with Crippen LogP contribution in [0.4, 0.5) is 0 Å². The van der Waals surface area contributed by atoms with Crippen molar-refractivity contribution in [2.45, 2.75) is 168 Å². The van der Waals surface area contributed by atoms with E-state index in [4.69, 9.17) is 0 Å². The Hall–Kier alpha value is -0.660. The minimum Gasteiger partial charge on any atom is -0.356 e. The van der Waals surface area contributed by atoms with Gasteiger partial charge in [-0.3, -0.25) is 0 Å². The molecule has 0 spiro atoms. The van der Waals surface area contributed by atoms with E-state index < -0.39 is 0 Å². The van der Waals surface area contributed by atoms with Gasteiger partial charge in [-0.05, 0) is 25.7 Å². The molecule has 0 bridgehead atoms. The van der Waals surface area contributed by atoms with Crippen molar-refractivity contribution in [3.63, 3.8) is 0 Å². The third-order valence-corrected chi connectivity index (χ3v) is 7.28. The molecule has 2 nitrogen and oxygen atoms in total. The molecule has 0 saturated heterocycles. The summed E-state index contributed by atoms with van der Waals surface area (Å²) in [5, 5.41) is 0. The molecule has 1 rings (SSSR count). The van der Waals surface area contributed by atoms with E-state index in [0.29, 0.717) is 6.17 Å². The summed E-state index contributed by atoms with van der Waals surface area (Å²) in [6, 6.07) is 0. The Morgan fingerprint density at radius 1 is 0.406 bits per heavy atom. The molecule has 0 aromatic carbocycles. The molecule has 0 aromatic heterocycles. The van der Waals surface area contributed by atoms with Gasteiger partial charge in [-0.15, -0.1) is 0 Å². The zero-order valence-electron chi connectivity index (χ0n) is 22.6. The van der Waals surface area contributed by atoms with E-state index in [1.54, 1.807) is 0 Å². The van der Waals surface area contributed by atoms with Crippen molar-refractivity contribution in [1.82, 2.24) is 9.80 Å². The van der Waals surface area contributed by atoms with Crippen LogP contribution in [0.15, 0.2) is 12.4 Å². The van der Waals surface area contributed by atoms with E-state index >= 15 is 0 Å². The Morgan fingerprint density at radius 2 is 0.781 bits per heavy atom. The van der Waals surface area contributed by atoms with Gasteiger partial charge in [0.2, 0.25) is 0 Å². The van der Waals surface area contributed by atoms with Crippen LogP contribution in [0, 0.1) is 0 Å². The summed E-state index contributed by atoms with van der Waals surface area (Å²) in [6.45, 7) is 9.37. The summed E-state index contributed by atoms with van der Waals surface area (Å²) in [4.78, 5) is 5.22. The molecule has 0 radical (unpaired) electrons. The predicted molar refractivity (Wildman–Crippen MR) is 145 cm³/mol. The van der Waals surface area contributed by atoms with Gasteiger partial charge in [-0.25, -0.2) is 0 Å². The number of unbranched alkanes of at least 4 members (excludes halogenated alkanes) is 18. The first-order chi connectivity index (χ1) is 15.8. The molecule has 1 heterocycles. The molecule has 1 aliphatic heterocycles. The average molecular weight is 449 g/mol. The fourth-order valence-electron chi connectivity index (χ4n) is 5.19. The second kappa shape index (κ2) is 22.1. The number of nitrogens with zero attached hydrogens (tertiary/aromatic N) is 2. The lowest BCUT2D eigenvalue weighted by molar-refractivity contribution is 0.137. The molecule has 0 aliphatic carbocycles. The van der Waals surface area contributed by atoms with Gasteiger partial charge in [0.25, 0.3) is 0 Å². The normalized spacial score (nSPS) is 15.9. The van der Waals surface area contributed by atoms with Gasteiger partial charge < -0.3 is 9.80 Å². The van der Waals surface area contributed by atoms with Crippen molar-refractivity contribution in [3.05, 3.63) is 12.4 Å². The van der Waals surface area contributed by atoms with Crippen molar-refractivity contribution >= 4 is 0 Å². The van der Waals surface area contributed by atoms with Crippen molar-refractivity contribution in [2.75, 3.05) is 13.1 Å². The van der Waals surface area contributed by atoms with Gasteiger partial charge in [0.15, 0.2) is 0 Å². The minimum atomic E-state index is 0.642. The molecular formula is C30H60N2. The fourth-order valence-corrected chi connectivity index (χ4v) is 5.19. The number of hydrogen-bond acceptors (Lipinski definition) is 2. The lowest BCUT2D eigenvalue weighted by atomic mass is 10.0. The summed E-state index contributed by atoms with van der Waals surface area (Å²) in [7, 11) is 0. The fraction of sp³-hybridized carbons (Fsp3) is 0.933. The molecular weight excluding hydrogens is 388 g/mol. The zero-order chi connectivity index (χ0) is 23.1. The van der Waals surface area contributed by atoms with Crippen LogP contribution in [0.1, 0.15) is 162 Å². The predicted octanol–water partition coefficient (Wildman–Crippen LogP) is 10.0. The van der Waals surface area contributed by atoms with Crippen LogP contribution < -0.4 is 0 Å². The van der Waals surface area contributed by atoms with Gasteiger partial charge in [0.1, 0.15) is 6.17 Å². The summed E-state index contributed by atoms with van der Waals surface area (Å²) in [5.41, 5.74) is 0. The van der Waals surface area contributed by atoms with E-state index in [-0.39, 0.29) is 0 Å². The summed E-state index contributed by atoms with van der Waals surface area (Å²) in [6.07, 6.45) is 36.7. The van der Waals surface area contributed by atoms with Gasteiger partial charge >= 0.3 is 0 Å². The SMILES string of the molecule is CCCCCCCCCCCCCCCCCCCC1N(CCC)C=CN1CCCCC. The van der Waals surface area contributed by atoms with Crippen molar-refractivity contribution in [2.24, 2.45) is 0 Å². The van der Waals surface area contributed by atoms with E-state index in [0.717, 1.165) is 0 Å². The minimum absolute atomic E-state index is 0.642. The topological polar surface area (TPSA) is 6.48 Å². The molecule has 190 valence electrons. The van der Waals surface area contributed by atoms with Crippen LogP contribution in [-0.2, 0) is 0 Å². The second-order valence-corrected chi connectivity index (χ2v) is 10.4. The van der Waals surface area contributed by atoms with E-state index in [2.05, 4.69) is 43.0 Å². The van der Waals surface area contributed by atoms with Gasteiger partial charge in [-0.1, -0.05) is 136 Å². The van der Waals surface area contributed by atoms with E-state index in [1.165, 1.54) is 154 Å². The molecule has 0 aromatic rings. The quantitative estimate of drug-likeness (QED) is 0.135. The Balaban J connectivity index is 1.91. The molecule has 1 aliphatic rings. The first-order valence-electron chi connectivity index (χ1n) is 15.0. The van der Waals surface area contributed by atoms with Crippen molar-refractivity contribution < 1.29 is 0 Å². The summed E-state index contributed by atoms with van der Waals surface area (Å²) >= 11 is 0. The van der Waals surface area contributed by atoms with Crippen LogP contribution in [0.3, 0.4) is 0 Å². The molecule has 1 atom stereocenters. The highest BCUT2D eigenvalue weighted by Gasteiger charge is 2.24. The molecule has 0 amide bonds. The highest BCUT2D eigenvalue weighted by atomic mass is 15.4. The van der Waals surface area contributed by atoms with Gasteiger partial charge in [-0.2, -0.15) is 0 Å². The van der Waals surface area contributed by atoms with Crippen molar-refractivity contribution in [3.8, 4) is 0 Å². The largest absolute Gasteiger partial charge is 0.356 e. The Bertz CT molecular complexity index is 406. The Labute approximate surface area is 203 Å². The second-order valence-electron chi connectivity index (χ2n) is 10.4. The smallest absolute Gasteiger partial charge is 0.101 e. The first-order valence-corrected chi connectivity index (χ1v) is 15.0. The monoisotopic (exact) mass is 448 g/mol. The van der Waals surface area contributed by atoms with Crippen molar-refractivity contribution in [1.29, 1.82) is 0 Å². The van der Waals surface area contributed by atoms with E-state index in [1.807, 2.05) is 0 Å². The third-order valence-electron chi connectivity index (χ3n) is 7.28. The van der Waals surface area contributed by atoms with Crippen LogP contribution in [0.25, 0.3) is 0 Å². The summed E-state index contributed by atoms with van der Waals surface area (Å²) in [5.74, 6) is 0. The molecule has 0 N–H and O–H groups in total. The maximum absolute atomic E-state index is 2.62. The molecule has 0 fully saturated rings. The van der Waals surface area contributed by atoms with Gasteiger partial charge in [0.05, 0.1) is 0 Å². The maximum atomic E-state index is 2.62. The summed E-state index contributed by atoms with van der Waals surface area (Å²) < 4.78 is 0. The first kappa shape index (κ1) is 29.4. The highest BCUT2D eigenvalue weighted by molar-refractivity contribution is 4.96.